The molecule has 102 valence electrons. The van der Waals surface area contributed by atoms with Crippen LogP contribution in [0.1, 0.15) is 6.92 Å². The van der Waals surface area contributed by atoms with Gasteiger partial charge in [-0.05, 0) is 6.92 Å². The van der Waals surface area contributed by atoms with Crippen molar-refractivity contribution in [2.45, 2.75) is 13.2 Å². The molecule has 0 aliphatic carbocycles. The molecule has 0 bridgehead atoms. The molecule has 7 heteroatoms. The van der Waals surface area contributed by atoms with Crippen molar-refractivity contribution in [2.75, 3.05) is 46.2 Å². The van der Waals surface area contributed by atoms with Gasteiger partial charge in [-0.15, -0.1) is 0 Å². The van der Waals surface area contributed by atoms with Crippen LogP contribution in [0.25, 0.3) is 0 Å². The van der Waals surface area contributed by atoms with E-state index >= 15 is 0 Å². The van der Waals surface area contributed by atoms with Gasteiger partial charge in [0.25, 0.3) is 0 Å². The number of aliphatic carboxylic acids is 1. The molecule has 0 heterocycles. The Hall–Kier alpha value is -0.730. The third-order valence-electron chi connectivity index (χ3n) is 1.72. The highest BCUT2D eigenvalue weighted by Gasteiger charge is 2.10. The van der Waals surface area contributed by atoms with Crippen molar-refractivity contribution >= 4 is 5.97 Å². The topological polar surface area (TPSA) is 100 Å². The molecule has 0 rings (SSSR count). The highest BCUT2D eigenvalue weighted by Crippen LogP contribution is 1.85. The lowest BCUT2D eigenvalue weighted by atomic mass is 10.6. The molecule has 0 radical (unpaired) electrons. The van der Waals surface area contributed by atoms with Gasteiger partial charge in [-0.1, -0.05) is 0 Å². The Bertz CT molecular complexity index is 190. The first kappa shape index (κ1) is 16.3. The standard InChI is InChI=1S/C10H21NO6/c1-2-14-3-4-15-5-6-16-7-8-17-9(11)10(12)13/h9H,2-8,11H2,1H3,(H,12,13). The second kappa shape index (κ2) is 11.7. The van der Waals surface area contributed by atoms with Crippen molar-refractivity contribution in [3.05, 3.63) is 0 Å². The molecule has 0 aromatic rings. The third kappa shape index (κ3) is 11.5. The van der Waals surface area contributed by atoms with E-state index in [9.17, 15) is 4.79 Å². The normalized spacial score (nSPS) is 12.6. The van der Waals surface area contributed by atoms with Gasteiger partial charge in [0, 0.05) is 6.61 Å². The smallest absolute Gasteiger partial charge is 0.347 e. The van der Waals surface area contributed by atoms with Gasteiger partial charge in [0.1, 0.15) is 0 Å². The Balaban J connectivity index is 3.06. The summed E-state index contributed by atoms with van der Waals surface area (Å²) in [5, 5.41) is 8.40. The van der Waals surface area contributed by atoms with E-state index in [1.54, 1.807) is 0 Å². The maximum Gasteiger partial charge on any atom is 0.347 e. The quantitative estimate of drug-likeness (QED) is 0.354. The van der Waals surface area contributed by atoms with Gasteiger partial charge >= 0.3 is 5.97 Å². The van der Waals surface area contributed by atoms with Crippen LogP contribution in [-0.2, 0) is 23.7 Å². The third-order valence-corrected chi connectivity index (χ3v) is 1.72. The Morgan fingerprint density at radius 3 is 2.00 bits per heavy atom. The van der Waals surface area contributed by atoms with Crippen molar-refractivity contribution < 1.29 is 28.8 Å². The van der Waals surface area contributed by atoms with Crippen LogP contribution >= 0.6 is 0 Å². The molecule has 0 aliphatic rings. The average molecular weight is 251 g/mol. The highest BCUT2D eigenvalue weighted by molar-refractivity contribution is 5.71. The number of carboxylic acids is 1. The summed E-state index contributed by atoms with van der Waals surface area (Å²) in [7, 11) is 0. The van der Waals surface area contributed by atoms with E-state index in [-0.39, 0.29) is 13.2 Å². The molecule has 0 fully saturated rings. The largest absolute Gasteiger partial charge is 0.478 e. The molecule has 0 saturated carbocycles. The van der Waals surface area contributed by atoms with Gasteiger partial charge in [-0.25, -0.2) is 4.79 Å². The molecule has 0 aliphatic heterocycles. The maximum absolute atomic E-state index is 10.3. The van der Waals surface area contributed by atoms with Crippen molar-refractivity contribution in [3.8, 4) is 0 Å². The minimum Gasteiger partial charge on any atom is -0.478 e. The monoisotopic (exact) mass is 251 g/mol. The molecule has 1 unspecified atom stereocenters. The van der Waals surface area contributed by atoms with Crippen LogP contribution < -0.4 is 5.73 Å². The second-order valence-corrected chi connectivity index (χ2v) is 3.05. The fraction of sp³-hybridized carbons (Fsp3) is 0.900. The fourth-order valence-electron chi connectivity index (χ4n) is 0.889. The van der Waals surface area contributed by atoms with Crippen molar-refractivity contribution in [1.29, 1.82) is 0 Å². The molecule has 7 nitrogen and oxygen atoms in total. The van der Waals surface area contributed by atoms with Gasteiger partial charge in [-0.2, -0.15) is 0 Å². The number of ether oxygens (including phenoxy) is 4. The van der Waals surface area contributed by atoms with Gasteiger partial charge in [-0.3, -0.25) is 5.73 Å². The summed E-state index contributed by atoms with van der Waals surface area (Å²) in [5.74, 6) is -1.19. The van der Waals surface area contributed by atoms with Crippen molar-refractivity contribution in [2.24, 2.45) is 5.73 Å². The summed E-state index contributed by atoms with van der Waals surface area (Å²) in [4.78, 5) is 10.3. The molecule has 0 saturated heterocycles. The lowest BCUT2D eigenvalue weighted by molar-refractivity contribution is -0.151. The van der Waals surface area contributed by atoms with E-state index in [4.69, 9.17) is 29.8 Å². The molecule has 0 spiro atoms. The molecule has 3 N–H and O–H groups in total. The molecule has 0 aromatic carbocycles. The summed E-state index contributed by atoms with van der Waals surface area (Å²) in [6, 6.07) is 0. The van der Waals surface area contributed by atoms with E-state index in [0.717, 1.165) is 0 Å². The van der Waals surface area contributed by atoms with Crippen LogP contribution in [-0.4, -0.2) is 63.6 Å². The van der Waals surface area contributed by atoms with Crippen LogP contribution in [0.5, 0.6) is 0 Å². The Kier molecular flexibility index (Phi) is 11.2. The summed E-state index contributed by atoms with van der Waals surface area (Å²) in [6.07, 6.45) is -1.29. The first-order valence-electron chi connectivity index (χ1n) is 5.51. The van der Waals surface area contributed by atoms with Crippen LogP contribution in [0.4, 0.5) is 0 Å². The number of hydrogen-bond donors (Lipinski definition) is 2. The average Bonchev–Trinajstić information content (AvgIpc) is 2.31. The van der Waals surface area contributed by atoms with Crippen molar-refractivity contribution in [1.82, 2.24) is 0 Å². The Morgan fingerprint density at radius 2 is 1.53 bits per heavy atom. The summed E-state index contributed by atoms with van der Waals surface area (Å²) in [5.41, 5.74) is 5.11. The number of hydrogen-bond acceptors (Lipinski definition) is 6. The van der Waals surface area contributed by atoms with Gasteiger partial charge < -0.3 is 24.1 Å². The summed E-state index contributed by atoms with van der Waals surface area (Å²) < 4.78 is 20.2. The number of carboxylic acid groups (broad SMARTS) is 1. The van der Waals surface area contributed by atoms with E-state index in [2.05, 4.69) is 0 Å². The first-order chi connectivity index (χ1) is 8.18. The van der Waals surface area contributed by atoms with Crippen LogP contribution in [0.15, 0.2) is 0 Å². The fourth-order valence-corrected chi connectivity index (χ4v) is 0.889. The Labute approximate surface area is 101 Å². The minimum absolute atomic E-state index is 0.145. The lowest BCUT2D eigenvalue weighted by Gasteiger charge is -2.09. The Morgan fingerprint density at radius 1 is 1.06 bits per heavy atom. The highest BCUT2D eigenvalue weighted by atomic mass is 16.6. The number of rotatable bonds is 12. The number of nitrogens with two attached hydrogens (primary N) is 1. The van der Waals surface area contributed by atoms with Crippen molar-refractivity contribution in [3.63, 3.8) is 0 Å². The predicted molar refractivity (Wildman–Crippen MR) is 59.7 cm³/mol. The molecule has 0 aromatic heterocycles. The van der Waals surface area contributed by atoms with E-state index in [1.165, 1.54) is 0 Å². The molecular weight excluding hydrogens is 230 g/mol. The molecule has 0 amide bonds. The maximum atomic E-state index is 10.3. The van der Waals surface area contributed by atoms with Gasteiger partial charge in [0.2, 0.25) is 6.23 Å². The predicted octanol–water partition coefficient (Wildman–Crippen LogP) is -0.558. The lowest BCUT2D eigenvalue weighted by Crippen LogP contribution is -2.34. The SMILES string of the molecule is CCOCCOCCOCCOC(N)C(=O)O. The first-order valence-corrected chi connectivity index (χ1v) is 5.51. The van der Waals surface area contributed by atoms with Crippen LogP contribution in [0, 0.1) is 0 Å². The zero-order valence-electron chi connectivity index (χ0n) is 10.1. The van der Waals surface area contributed by atoms with Gasteiger partial charge in [0.15, 0.2) is 0 Å². The van der Waals surface area contributed by atoms with E-state index < -0.39 is 12.2 Å². The summed E-state index contributed by atoms with van der Waals surface area (Å²) >= 11 is 0. The second-order valence-electron chi connectivity index (χ2n) is 3.05. The summed E-state index contributed by atoms with van der Waals surface area (Å²) in [6.45, 7) is 5.05. The molecule has 17 heavy (non-hydrogen) atoms. The van der Waals surface area contributed by atoms with Crippen LogP contribution in [0.2, 0.25) is 0 Å². The van der Waals surface area contributed by atoms with Crippen LogP contribution in [0.3, 0.4) is 0 Å². The molecule has 1 atom stereocenters. The number of carbonyl (C=O) groups is 1. The minimum atomic E-state index is -1.29. The zero-order valence-corrected chi connectivity index (χ0v) is 10.1. The van der Waals surface area contributed by atoms with E-state index in [1.807, 2.05) is 6.92 Å². The van der Waals surface area contributed by atoms with E-state index in [0.29, 0.717) is 33.0 Å². The van der Waals surface area contributed by atoms with Gasteiger partial charge in [0.05, 0.1) is 39.6 Å². The molecular formula is C10H21NO6. The zero-order chi connectivity index (χ0) is 12.9.